The number of hydrogen-bond acceptors (Lipinski definition) is 5. The first-order chi connectivity index (χ1) is 7.19. The highest BCUT2D eigenvalue weighted by Crippen LogP contribution is 2.22. The molecule has 0 spiro atoms. The van der Waals surface area contributed by atoms with Gasteiger partial charge in [0.25, 0.3) is 0 Å². The van der Waals surface area contributed by atoms with E-state index in [9.17, 15) is 4.79 Å². The van der Waals surface area contributed by atoms with Crippen molar-refractivity contribution in [2.45, 2.75) is 13.0 Å². The second-order valence-electron chi connectivity index (χ2n) is 3.45. The molecule has 1 aliphatic heterocycles. The molecule has 1 fully saturated rings. The smallest absolute Gasteiger partial charge is 0.314 e. The minimum atomic E-state index is -0.131. The van der Waals surface area contributed by atoms with Crippen molar-refractivity contribution in [3.8, 4) is 0 Å². The number of amides is 2. The van der Waals surface area contributed by atoms with Gasteiger partial charge < -0.3 is 15.5 Å². The third-order valence-corrected chi connectivity index (χ3v) is 3.10. The van der Waals surface area contributed by atoms with Crippen LogP contribution >= 0.6 is 11.5 Å². The fourth-order valence-corrected chi connectivity index (χ4v) is 2.09. The summed E-state index contributed by atoms with van der Waals surface area (Å²) in [4.78, 5) is 17.4. The third-order valence-electron chi connectivity index (χ3n) is 2.23. The first-order valence-corrected chi connectivity index (χ1v) is 5.50. The summed E-state index contributed by atoms with van der Waals surface area (Å²) >= 11 is 1.40. The van der Waals surface area contributed by atoms with Gasteiger partial charge in [-0.3, -0.25) is 0 Å². The van der Waals surface area contributed by atoms with E-state index in [-0.39, 0.29) is 12.1 Å². The van der Waals surface area contributed by atoms with E-state index >= 15 is 0 Å². The van der Waals surface area contributed by atoms with Gasteiger partial charge in [0.2, 0.25) is 5.13 Å². The van der Waals surface area contributed by atoms with Crippen LogP contribution in [0.3, 0.4) is 0 Å². The SMILES string of the molecule is CNC(=O)NC1CN(c2nc(C)ns2)C1. The normalized spacial score (nSPS) is 16.0. The Hall–Kier alpha value is -1.37. The van der Waals surface area contributed by atoms with Crippen LogP contribution in [0.5, 0.6) is 0 Å². The lowest BCUT2D eigenvalue weighted by atomic mass is 10.1. The lowest BCUT2D eigenvalue weighted by molar-refractivity contribution is 0.236. The summed E-state index contributed by atoms with van der Waals surface area (Å²) in [7, 11) is 1.61. The summed E-state index contributed by atoms with van der Waals surface area (Å²) in [6.45, 7) is 3.49. The average molecular weight is 227 g/mol. The Kier molecular flexibility index (Phi) is 2.72. The van der Waals surface area contributed by atoms with Crippen molar-refractivity contribution in [3.63, 3.8) is 0 Å². The first kappa shape index (κ1) is 10.2. The Morgan fingerprint density at radius 1 is 1.60 bits per heavy atom. The molecule has 0 bridgehead atoms. The van der Waals surface area contributed by atoms with E-state index in [1.807, 2.05) is 6.92 Å². The summed E-state index contributed by atoms with van der Waals surface area (Å²) in [5.74, 6) is 0.803. The van der Waals surface area contributed by atoms with E-state index in [1.165, 1.54) is 11.5 Å². The number of aryl methyl sites for hydroxylation is 1. The fraction of sp³-hybridized carbons (Fsp3) is 0.625. The molecule has 2 heterocycles. The predicted octanol–water partition coefficient (Wildman–Crippen LogP) is -0.0359. The number of anilines is 1. The monoisotopic (exact) mass is 227 g/mol. The van der Waals surface area contributed by atoms with Crippen molar-refractivity contribution < 1.29 is 4.79 Å². The Labute approximate surface area is 91.9 Å². The number of nitrogens with zero attached hydrogens (tertiary/aromatic N) is 3. The highest BCUT2D eigenvalue weighted by Gasteiger charge is 2.29. The van der Waals surface area contributed by atoms with Crippen LogP contribution in [0.4, 0.5) is 9.93 Å². The van der Waals surface area contributed by atoms with Gasteiger partial charge in [0, 0.05) is 31.7 Å². The second kappa shape index (κ2) is 4.01. The molecule has 1 saturated heterocycles. The quantitative estimate of drug-likeness (QED) is 0.744. The minimum absolute atomic E-state index is 0.131. The standard InChI is InChI=1S/C8H13N5OS/c1-5-10-8(15-12-5)13-3-6(4-13)11-7(14)9-2/h6H,3-4H2,1-2H3,(H2,9,11,14). The van der Waals surface area contributed by atoms with Crippen LogP contribution in [0.1, 0.15) is 5.82 Å². The summed E-state index contributed by atoms with van der Waals surface area (Å²) in [5.41, 5.74) is 0. The van der Waals surface area contributed by atoms with Gasteiger partial charge in [-0.15, -0.1) is 0 Å². The van der Waals surface area contributed by atoms with Crippen LogP contribution in [0, 0.1) is 6.92 Å². The molecule has 6 nitrogen and oxygen atoms in total. The molecule has 2 rings (SSSR count). The van der Waals surface area contributed by atoms with Gasteiger partial charge in [0.05, 0.1) is 6.04 Å². The zero-order valence-corrected chi connectivity index (χ0v) is 9.47. The summed E-state index contributed by atoms with van der Waals surface area (Å²) < 4.78 is 4.11. The Bertz CT molecular complexity index is 360. The number of nitrogens with one attached hydrogen (secondary N) is 2. The highest BCUT2D eigenvalue weighted by molar-refractivity contribution is 7.09. The van der Waals surface area contributed by atoms with Crippen molar-refractivity contribution in [1.29, 1.82) is 0 Å². The predicted molar refractivity (Wildman–Crippen MR) is 58.2 cm³/mol. The van der Waals surface area contributed by atoms with Gasteiger partial charge in [-0.05, 0) is 6.92 Å². The van der Waals surface area contributed by atoms with Crippen LogP contribution in [0.15, 0.2) is 0 Å². The molecule has 0 saturated carbocycles. The lowest BCUT2D eigenvalue weighted by Crippen LogP contribution is -2.60. The molecule has 0 atom stereocenters. The molecule has 1 aromatic rings. The number of rotatable bonds is 2. The Morgan fingerprint density at radius 3 is 2.87 bits per heavy atom. The molecule has 82 valence electrons. The molecule has 15 heavy (non-hydrogen) atoms. The van der Waals surface area contributed by atoms with E-state index in [1.54, 1.807) is 7.05 Å². The van der Waals surface area contributed by atoms with E-state index in [0.29, 0.717) is 0 Å². The number of carbonyl (C=O) groups is 1. The molecule has 1 aliphatic rings. The maximum atomic E-state index is 11.0. The summed E-state index contributed by atoms with van der Waals surface area (Å²) in [5, 5.41) is 6.30. The first-order valence-electron chi connectivity index (χ1n) is 4.72. The average Bonchev–Trinajstić information content (AvgIpc) is 2.57. The van der Waals surface area contributed by atoms with Crippen LogP contribution in [0.25, 0.3) is 0 Å². The minimum Gasteiger partial charge on any atom is -0.343 e. The zero-order chi connectivity index (χ0) is 10.8. The van der Waals surface area contributed by atoms with E-state index in [0.717, 1.165) is 24.0 Å². The van der Waals surface area contributed by atoms with Crippen molar-refractivity contribution in [1.82, 2.24) is 20.0 Å². The number of carbonyl (C=O) groups excluding carboxylic acids is 1. The Balaban J connectivity index is 1.81. The number of aromatic nitrogens is 2. The third kappa shape index (κ3) is 2.17. The van der Waals surface area contributed by atoms with Gasteiger partial charge in [-0.2, -0.15) is 4.37 Å². The van der Waals surface area contributed by atoms with Crippen LogP contribution < -0.4 is 15.5 Å². The van der Waals surface area contributed by atoms with Crippen LogP contribution in [-0.2, 0) is 0 Å². The highest BCUT2D eigenvalue weighted by atomic mass is 32.1. The molecular weight excluding hydrogens is 214 g/mol. The molecule has 0 radical (unpaired) electrons. The van der Waals surface area contributed by atoms with Crippen molar-refractivity contribution in [2.24, 2.45) is 0 Å². The molecular formula is C8H13N5OS. The summed E-state index contributed by atoms with van der Waals surface area (Å²) in [6.07, 6.45) is 0. The van der Waals surface area contributed by atoms with Crippen LogP contribution in [-0.4, -0.2) is 41.6 Å². The molecule has 1 aromatic heterocycles. The molecule has 0 aliphatic carbocycles. The van der Waals surface area contributed by atoms with Gasteiger partial charge >= 0.3 is 6.03 Å². The molecule has 2 amide bonds. The van der Waals surface area contributed by atoms with Gasteiger partial charge in [0.15, 0.2) is 0 Å². The van der Waals surface area contributed by atoms with Crippen molar-refractivity contribution >= 4 is 22.7 Å². The van der Waals surface area contributed by atoms with E-state index in [4.69, 9.17) is 0 Å². The van der Waals surface area contributed by atoms with Gasteiger partial charge in [-0.25, -0.2) is 9.78 Å². The van der Waals surface area contributed by atoms with E-state index in [2.05, 4.69) is 24.9 Å². The van der Waals surface area contributed by atoms with Gasteiger partial charge in [-0.1, -0.05) is 0 Å². The van der Waals surface area contributed by atoms with E-state index < -0.39 is 0 Å². The van der Waals surface area contributed by atoms with Crippen molar-refractivity contribution in [3.05, 3.63) is 5.82 Å². The summed E-state index contributed by atoms with van der Waals surface area (Å²) in [6, 6.07) is 0.0854. The topological polar surface area (TPSA) is 70.2 Å². The maximum absolute atomic E-state index is 11.0. The van der Waals surface area contributed by atoms with Crippen LogP contribution in [0.2, 0.25) is 0 Å². The molecule has 0 unspecified atom stereocenters. The molecule has 7 heteroatoms. The van der Waals surface area contributed by atoms with Crippen molar-refractivity contribution in [2.75, 3.05) is 25.0 Å². The lowest BCUT2D eigenvalue weighted by Gasteiger charge is -2.38. The number of hydrogen-bond donors (Lipinski definition) is 2. The van der Waals surface area contributed by atoms with Gasteiger partial charge in [0.1, 0.15) is 5.82 Å². The molecule has 0 aromatic carbocycles. The second-order valence-corrected chi connectivity index (χ2v) is 4.18. The number of urea groups is 1. The Morgan fingerprint density at radius 2 is 2.33 bits per heavy atom. The molecule has 2 N–H and O–H groups in total. The zero-order valence-electron chi connectivity index (χ0n) is 8.65. The fourth-order valence-electron chi connectivity index (χ4n) is 1.40. The largest absolute Gasteiger partial charge is 0.343 e. The maximum Gasteiger partial charge on any atom is 0.314 e.